The quantitative estimate of drug-likeness (QED) is 0.522. The van der Waals surface area contributed by atoms with Crippen LogP contribution in [0.25, 0.3) is 0 Å². The van der Waals surface area contributed by atoms with E-state index in [1.54, 1.807) is 0 Å². The number of rotatable bonds is 0. The highest BCUT2D eigenvalue weighted by Crippen LogP contribution is 2.46. The number of nitrogens with zero attached hydrogens (tertiary/aromatic N) is 1. The smallest absolute Gasteiger partial charge is 0.161 e. The normalized spacial score (nSPS) is 31.9. The van der Waals surface area contributed by atoms with Crippen LogP contribution in [0.3, 0.4) is 0 Å². The Morgan fingerprint density at radius 3 is 1.90 bits per heavy atom. The number of hydrogen-bond acceptors (Lipinski definition) is 3. The number of halogens is 1. The van der Waals surface area contributed by atoms with Crippen molar-refractivity contribution in [3.63, 3.8) is 0 Å². The zero-order chi connectivity index (χ0) is 13.6. The lowest BCUT2D eigenvalue weighted by Crippen LogP contribution is -3.00. The average Bonchev–Trinajstić information content (AvgIpc) is 2.41. The molecule has 0 aromatic heterocycles. The summed E-state index contributed by atoms with van der Waals surface area (Å²) >= 11 is 0. The van der Waals surface area contributed by atoms with E-state index in [1.807, 2.05) is 0 Å². The predicted molar refractivity (Wildman–Crippen MR) is 74.5 cm³/mol. The van der Waals surface area contributed by atoms with E-state index >= 15 is 0 Å². The third-order valence-corrected chi connectivity index (χ3v) is 7.61. The molecule has 0 amide bonds. The maximum Gasteiger partial charge on any atom is 0.161 e. The summed E-state index contributed by atoms with van der Waals surface area (Å²) in [6.45, 7) is 3.99. The molecule has 2 saturated heterocycles. The van der Waals surface area contributed by atoms with Crippen LogP contribution in [-0.4, -0.2) is 61.8 Å². The van der Waals surface area contributed by atoms with Crippen LogP contribution in [0.2, 0.25) is 0 Å². The van der Waals surface area contributed by atoms with Crippen LogP contribution in [0, 0.1) is 5.41 Å². The van der Waals surface area contributed by atoms with Gasteiger partial charge in [0.1, 0.15) is 0 Å². The van der Waals surface area contributed by atoms with Crippen molar-refractivity contribution in [2.45, 2.75) is 44.6 Å². The zero-order valence-electron chi connectivity index (χ0n) is 12.1. The highest BCUT2D eigenvalue weighted by molar-refractivity contribution is 7.91. The first-order chi connectivity index (χ1) is 8.93. The molecular weight excluding hydrogens is 298 g/mol. The lowest BCUT2D eigenvalue weighted by Gasteiger charge is -2.51. The number of quaternary nitrogens is 1. The Hall–Kier alpha value is 0.160. The molecule has 3 fully saturated rings. The number of sulfone groups is 1. The van der Waals surface area contributed by atoms with E-state index in [0.29, 0.717) is 16.9 Å². The van der Waals surface area contributed by atoms with Gasteiger partial charge in [-0.2, -0.15) is 0 Å². The van der Waals surface area contributed by atoms with Crippen molar-refractivity contribution in [1.82, 2.24) is 0 Å². The Morgan fingerprint density at radius 1 is 0.900 bits per heavy atom. The summed E-state index contributed by atoms with van der Waals surface area (Å²) in [4.78, 5) is 0. The predicted octanol–water partition coefficient (Wildman–Crippen LogP) is -2.05. The molecule has 1 aliphatic carbocycles. The second-order valence-electron chi connectivity index (χ2n) is 7.12. The maximum absolute atomic E-state index is 11.6. The largest absolute Gasteiger partial charge is 1.00 e. The van der Waals surface area contributed by atoms with Crippen LogP contribution in [0.15, 0.2) is 0 Å². The molecule has 0 bridgehead atoms. The maximum atomic E-state index is 11.6. The SMILES string of the molecule is O=S1(=O)CC[N+]2(CCC3(CCC(O)CC3)CC2)CC1.[Cl-]. The molecule has 3 aliphatic rings. The second-order valence-corrected chi connectivity index (χ2v) is 9.42. The molecule has 2 heterocycles. The third-order valence-electron chi connectivity index (χ3n) is 6.00. The Balaban J connectivity index is 0.00000147. The van der Waals surface area contributed by atoms with Gasteiger partial charge in [0.2, 0.25) is 0 Å². The summed E-state index contributed by atoms with van der Waals surface area (Å²) in [5.74, 6) is 0.775. The Labute approximate surface area is 128 Å². The van der Waals surface area contributed by atoms with Gasteiger partial charge < -0.3 is 22.0 Å². The van der Waals surface area contributed by atoms with Crippen LogP contribution in [0.1, 0.15) is 38.5 Å². The number of aliphatic hydroxyl groups excluding tert-OH is 1. The molecule has 3 rings (SSSR count). The van der Waals surface area contributed by atoms with Gasteiger partial charge in [0.25, 0.3) is 0 Å². The molecule has 1 N–H and O–H groups in total. The summed E-state index contributed by atoms with van der Waals surface area (Å²) in [7, 11) is -2.75. The Morgan fingerprint density at radius 2 is 1.40 bits per heavy atom. The van der Waals surface area contributed by atoms with Gasteiger partial charge in [-0.1, -0.05) is 0 Å². The molecule has 1 saturated carbocycles. The van der Waals surface area contributed by atoms with Gasteiger partial charge in [0.05, 0.1) is 43.8 Å². The highest BCUT2D eigenvalue weighted by atomic mass is 35.5. The van der Waals surface area contributed by atoms with Crippen molar-refractivity contribution in [2.24, 2.45) is 5.41 Å². The fourth-order valence-corrected chi connectivity index (χ4v) is 5.76. The summed E-state index contributed by atoms with van der Waals surface area (Å²) in [6.07, 6.45) is 6.68. The lowest BCUT2D eigenvalue weighted by molar-refractivity contribution is -0.931. The van der Waals surface area contributed by atoms with Crippen LogP contribution < -0.4 is 12.4 Å². The van der Waals surface area contributed by atoms with Crippen molar-refractivity contribution in [1.29, 1.82) is 0 Å². The van der Waals surface area contributed by atoms with Crippen molar-refractivity contribution in [3.8, 4) is 0 Å². The molecule has 0 aromatic carbocycles. The van der Waals surface area contributed by atoms with Crippen LogP contribution in [0.4, 0.5) is 0 Å². The first-order valence-electron chi connectivity index (χ1n) is 7.66. The summed E-state index contributed by atoms with van der Waals surface area (Å²) in [5, 5.41) is 9.65. The Kier molecular flexibility index (Phi) is 4.75. The molecule has 0 aromatic rings. The van der Waals surface area contributed by atoms with Crippen LogP contribution in [0.5, 0.6) is 0 Å². The minimum absolute atomic E-state index is 0. The van der Waals surface area contributed by atoms with Gasteiger partial charge in [-0.05, 0) is 31.1 Å². The van der Waals surface area contributed by atoms with E-state index in [4.69, 9.17) is 0 Å². The zero-order valence-corrected chi connectivity index (χ0v) is 13.6. The van der Waals surface area contributed by atoms with E-state index in [2.05, 4.69) is 0 Å². The van der Waals surface area contributed by atoms with Crippen molar-refractivity contribution >= 4 is 9.84 Å². The molecule has 2 aliphatic heterocycles. The standard InChI is InChI=1S/C14H26NO3S.ClH/c16-13-1-3-14(4-2-13)5-7-15(8-6-14)9-11-19(17,18)12-10-15;/h13,16H,1-12H2;1H/q+1;/p-1. The third kappa shape index (κ3) is 3.32. The average molecular weight is 324 g/mol. The van der Waals surface area contributed by atoms with E-state index in [9.17, 15) is 13.5 Å². The molecular formula is C14H26ClNO3S. The van der Waals surface area contributed by atoms with E-state index in [-0.39, 0.29) is 18.5 Å². The fraction of sp³-hybridized carbons (Fsp3) is 1.00. The molecule has 118 valence electrons. The van der Waals surface area contributed by atoms with Gasteiger partial charge >= 0.3 is 0 Å². The molecule has 0 atom stereocenters. The second kappa shape index (κ2) is 5.75. The van der Waals surface area contributed by atoms with Crippen molar-refractivity contribution < 1.29 is 30.4 Å². The lowest BCUT2D eigenvalue weighted by atomic mass is 9.67. The van der Waals surface area contributed by atoms with E-state index < -0.39 is 9.84 Å². The van der Waals surface area contributed by atoms with E-state index in [1.165, 1.54) is 25.7 Å². The molecule has 4 nitrogen and oxygen atoms in total. The van der Waals surface area contributed by atoms with Crippen LogP contribution >= 0.6 is 0 Å². The fourth-order valence-electron chi connectivity index (χ4n) is 4.23. The minimum atomic E-state index is -2.75. The minimum Gasteiger partial charge on any atom is -1.00 e. The van der Waals surface area contributed by atoms with Crippen molar-refractivity contribution in [2.75, 3.05) is 37.7 Å². The number of hydrogen-bond donors (Lipinski definition) is 1. The summed E-state index contributed by atoms with van der Waals surface area (Å²) in [6, 6.07) is 0. The molecule has 6 heteroatoms. The van der Waals surface area contributed by atoms with E-state index in [0.717, 1.165) is 43.5 Å². The number of aliphatic hydroxyl groups is 1. The highest BCUT2D eigenvalue weighted by Gasteiger charge is 2.46. The molecule has 20 heavy (non-hydrogen) atoms. The number of piperidine rings is 1. The van der Waals surface area contributed by atoms with Gasteiger partial charge in [-0.15, -0.1) is 0 Å². The monoisotopic (exact) mass is 323 g/mol. The van der Waals surface area contributed by atoms with Crippen molar-refractivity contribution in [3.05, 3.63) is 0 Å². The summed E-state index contributed by atoms with van der Waals surface area (Å²) < 4.78 is 24.2. The molecule has 0 unspecified atom stereocenters. The topological polar surface area (TPSA) is 54.4 Å². The molecule has 0 radical (unpaired) electrons. The van der Waals surface area contributed by atoms with Crippen LogP contribution in [-0.2, 0) is 9.84 Å². The van der Waals surface area contributed by atoms with Gasteiger partial charge in [0, 0.05) is 12.8 Å². The first kappa shape index (κ1) is 16.5. The van der Waals surface area contributed by atoms with Gasteiger partial charge in [-0.3, -0.25) is 0 Å². The summed E-state index contributed by atoms with van der Waals surface area (Å²) in [5.41, 5.74) is 0.471. The van der Waals surface area contributed by atoms with Gasteiger partial charge in [-0.25, -0.2) is 8.42 Å². The Bertz CT molecular complexity index is 417. The molecule has 2 spiro atoms. The van der Waals surface area contributed by atoms with Gasteiger partial charge in [0.15, 0.2) is 9.84 Å². The first-order valence-corrected chi connectivity index (χ1v) is 9.49.